The number of amides is 1. The van der Waals surface area contributed by atoms with Gasteiger partial charge in [0.2, 0.25) is 0 Å². The van der Waals surface area contributed by atoms with Crippen molar-refractivity contribution in [3.63, 3.8) is 0 Å². The highest BCUT2D eigenvalue weighted by Gasteiger charge is 2.33. The van der Waals surface area contributed by atoms with E-state index in [0.717, 1.165) is 50.0 Å². The first-order chi connectivity index (χ1) is 17.5. The maximum Gasteiger partial charge on any atom is 0.304 e. The van der Waals surface area contributed by atoms with Crippen LogP contribution in [0.5, 0.6) is 5.75 Å². The van der Waals surface area contributed by atoms with Crippen LogP contribution in [-0.4, -0.2) is 76.0 Å². The Bertz CT molecular complexity index is 1210. The Morgan fingerprint density at radius 3 is 2.19 bits per heavy atom. The number of likely N-dealkylation sites (tertiary alicyclic amines) is 1. The zero-order valence-corrected chi connectivity index (χ0v) is 23.7. The van der Waals surface area contributed by atoms with Crippen LogP contribution in [0.3, 0.4) is 0 Å². The van der Waals surface area contributed by atoms with Gasteiger partial charge in [0, 0.05) is 62.6 Å². The second kappa shape index (κ2) is 11.8. The molecule has 0 spiro atoms. The summed E-state index contributed by atoms with van der Waals surface area (Å²) >= 11 is 12.5. The monoisotopic (exact) mass is 568 g/mol. The molecule has 11 heteroatoms. The third-order valence-corrected chi connectivity index (χ3v) is 9.57. The van der Waals surface area contributed by atoms with Crippen LogP contribution < -0.4 is 14.4 Å². The summed E-state index contributed by atoms with van der Waals surface area (Å²) in [6.07, 6.45) is 3.27. The van der Waals surface area contributed by atoms with Gasteiger partial charge in [-0.05, 0) is 74.6 Å². The van der Waals surface area contributed by atoms with Crippen LogP contribution in [0.2, 0.25) is 10.0 Å². The number of anilines is 1. The molecular weight excluding hydrogens is 535 g/mol. The molecule has 2 aliphatic rings. The fourth-order valence-corrected chi connectivity index (χ4v) is 6.45. The molecule has 0 unspecified atom stereocenters. The average Bonchev–Trinajstić information content (AvgIpc) is 2.89. The number of rotatable bonds is 7. The first-order valence-corrected chi connectivity index (χ1v) is 14.7. The van der Waals surface area contributed by atoms with Crippen molar-refractivity contribution in [3.05, 3.63) is 57.6 Å². The van der Waals surface area contributed by atoms with Gasteiger partial charge in [0.25, 0.3) is 5.91 Å². The standard InChI is InChI=1S/C26H34Cl2N4O4S/c1-18-23(27)8-9-24(25(18)28)36-22-12-14-31(15-13-22)21-10-16-32(17-11-21)37(34,35)29-26(33)19-4-6-20(7-5-19)30(2)3/h4-9,21-22H,10-17H2,1-3H3,(H,29,33). The van der Waals surface area contributed by atoms with Gasteiger partial charge in [-0.2, -0.15) is 12.7 Å². The molecule has 202 valence electrons. The predicted octanol–water partition coefficient (Wildman–Crippen LogP) is 4.35. The third kappa shape index (κ3) is 6.70. The molecule has 0 atom stereocenters. The minimum absolute atomic E-state index is 0.0804. The van der Waals surface area contributed by atoms with Gasteiger partial charge in [-0.15, -0.1) is 0 Å². The summed E-state index contributed by atoms with van der Waals surface area (Å²) in [5, 5.41) is 1.18. The zero-order valence-electron chi connectivity index (χ0n) is 21.4. The molecular formula is C26H34Cl2N4O4S. The van der Waals surface area contributed by atoms with Crippen molar-refractivity contribution in [1.82, 2.24) is 13.9 Å². The molecule has 2 saturated heterocycles. The van der Waals surface area contributed by atoms with Crippen LogP contribution in [0, 0.1) is 6.92 Å². The fourth-order valence-electron chi connectivity index (χ4n) is 4.87. The Balaban J connectivity index is 1.25. The SMILES string of the molecule is Cc1c(Cl)ccc(OC2CCN(C3CCN(S(=O)(=O)NC(=O)c4ccc(N(C)C)cc4)CC3)CC2)c1Cl. The van der Waals surface area contributed by atoms with Gasteiger partial charge in [0.15, 0.2) is 0 Å². The molecule has 0 aromatic heterocycles. The molecule has 2 aromatic carbocycles. The first-order valence-electron chi connectivity index (χ1n) is 12.5. The van der Waals surface area contributed by atoms with Crippen molar-refractivity contribution >= 4 is 45.0 Å². The minimum atomic E-state index is -3.90. The molecule has 1 N–H and O–H groups in total. The van der Waals surface area contributed by atoms with E-state index in [1.165, 1.54) is 4.31 Å². The fraction of sp³-hybridized carbons (Fsp3) is 0.500. The second-order valence-corrected chi connectivity index (χ2v) is 12.3. The van der Waals surface area contributed by atoms with Crippen LogP contribution in [0.1, 0.15) is 41.6 Å². The van der Waals surface area contributed by atoms with E-state index in [9.17, 15) is 13.2 Å². The third-order valence-electron chi connectivity index (χ3n) is 7.20. The van der Waals surface area contributed by atoms with Crippen molar-refractivity contribution in [2.24, 2.45) is 0 Å². The number of carbonyl (C=O) groups is 1. The number of nitrogens with zero attached hydrogens (tertiary/aromatic N) is 3. The van der Waals surface area contributed by atoms with E-state index in [4.69, 9.17) is 27.9 Å². The normalized spacial score (nSPS) is 18.5. The number of ether oxygens (including phenoxy) is 1. The summed E-state index contributed by atoms with van der Waals surface area (Å²) in [5.41, 5.74) is 2.06. The van der Waals surface area contributed by atoms with Gasteiger partial charge in [0.05, 0.1) is 5.02 Å². The van der Waals surface area contributed by atoms with Gasteiger partial charge in [-0.1, -0.05) is 23.2 Å². The van der Waals surface area contributed by atoms with Gasteiger partial charge in [-0.25, -0.2) is 4.72 Å². The Hall–Kier alpha value is -2.04. The lowest BCUT2D eigenvalue weighted by atomic mass is 10.00. The quantitative estimate of drug-likeness (QED) is 0.534. The van der Waals surface area contributed by atoms with Gasteiger partial charge in [-0.3, -0.25) is 4.79 Å². The summed E-state index contributed by atoms with van der Waals surface area (Å²) < 4.78 is 35.5. The maximum absolute atomic E-state index is 12.9. The Kier molecular flexibility index (Phi) is 8.91. The van der Waals surface area contributed by atoms with E-state index in [1.807, 2.05) is 32.0 Å². The van der Waals surface area contributed by atoms with Gasteiger partial charge >= 0.3 is 10.2 Å². The molecule has 37 heavy (non-hydrogen) atoms. The largest absolute Gasteiger partial charge is 0.489 e. The Morgan fingerprint density at radius 2 is 1.59 bits per heavy atom. The van der Waals surface area contributed by atoms with E-state index in [-0.39, 0.29) is 6.10 Å². The van der Waals surface area contributed by atoms with Crippen LogP contribution in [0.15, 0.2) is 36.4 Å². The second-order valence-electron chi connectivity index (χ2n) is 9.85. The molecule has 0 aliphatic carbocycles. The highest BCUT2D eigenvalue weighted by molar-refractivity contribution is 7.87. The lowest BCUT2D eigenvalue weighted by Crippen LogP contribution is -2.52. The minimum Gasteiger partial charge on any atom is -0.489 e. The Morgan fingerprint density at radius 1 is 0.973 bits per heavy atom. The Labute approximate surface area is 229 Å². The first kappa shape index (κ1) is 28.0. The summed E-state index contributed by atoms with van der Waals surface area (Å²) in [7, 11) is -0.102. The van der Waals surface area contributed by atoms with Crippen LogP contribution in [-0.2, 0) is 10.2 Å². The van der Waals surface area contributed by atoms with Gasteiger partial charge < -0.3 is 14.5 Å². The molecule has 2 aliphatic heterocycles. The number of benzene rings is 2. The van der Waals surface area contributed by atoms with E-state index in [1.54, 1.807) is 30.3 Å². The highest BCUT2D eigenvalue weighted by Crippen LogP contribution is 2.34. The number of nitrogens with one attached hydrogen (secondary N) is 1. The van der Waals surface area contributed by atoms with Crippen molar-refractivity contribution in [2.45, 2.75) is 44.8 Å². The van der Waals surface area contributed by atoms with Gasteiger partial charge in [0.1, 0.15) is 11.9 Å². The van der Waals surface area contributed by atoms with E-state index in [0.29, 0.717) is 40.5 Å². The summed E-state index contributed by atoms with van der Waals surface area (Å²) in [6, 6.07) is 10.8. The van der Waals surface area contributed by atoms with E-state index >= 15 is 0 Å². The molecule has 0 radical (unpaired) electrons. The molecule has 2 fully saturated rings. The summed E-state index contributed by atoms with van der Waals surface area (Å²) in [6.45, 7) is 4.39. The number of hydrogen-bond donors (Lipinski definition) is 1. The van der Waals surface area contributed by atoms with Crippen molar-refractivity contribution in [3.8, 4) is 5.75 Å². The average molecular weight is 570 g/mol. The molecule has 1 amide bonds. The smallest absolute Gasteiger partial charge is 0.304 e. The topological polar surface area (TPSA) is 82.2 Å². The van der Waals surface area contributed by atoms with Crippen LogP contribution >= 0.6 is 23.2 Å². The molecule has 2 aromatic rings. The molecule has 4 rings (SSSR count). The molecule has 0 saturated carbocycles. The van der Waals surface area contributed by atoms with Crippen molar-refractivity contribution < 1.29 is 17.9 Å². The zero-order chi connectivity index (χ0) is 26.7. The lowest BCUT2D eigenvalue weighted by molar-refractivity contribution is 0.0584. The van der Waals surface area contributed by atoms with E-state index < -0.39 is 16.1 Å². The van der Waals surface area contributed by atoms with Crippen LogP contribution in [0.4, 0.5) is 5.69 Å². The molecule has 8 nitrogen and oxygen atoms in total. The molecule has 2 heterocycles. The van der Waals surface area contributed by atoms with Crippen molar-refractivity contribution in [2.75, 3.05) is 45.2 Å². The lowest BCUT2D eigenvalue weighted by Gasteiger charge is -2.41. The van der Waals surface area contributed by atoms with Crippen LogP contribution in [0.25, 0.3) is 0 Å². The predicted molar refractivity (Wildman–Crippen MR) is 148 cm³/mol. The summed E-state index contributed by atoms with van der Waals surface area (Å²) in [4.78, 5) is 16.9. The number of halogens is 2. The number of hydrogen-bond acceptors (Lipinski definition) is 6. The summed E-state index contributed by atoms with van der Waals surface area (Å²) in [5.74, 6) is 0.0432. The maximum atomic E-state index is 12.9. The highest BCUT2D eigenvalue weighted by atomic mass is 35.5. The number of piperidine rings is 2. The van der Waals surface area contributed by atoms with E-state index in [2.05, 4.69) is 9.62 Å². The van der Waals surface area contributed by atoms with Crippen molar-refractivity contribution in [1.29, 1.82) is 0 Å². The molecule has 0 bridgehead atoms. The number of carbonyl (C=O) groups excluding carboxylic acids is 1.